The van der Waals surface area contributed by atoms with Gasteiger partial charge in [0, 0.05) is 7.11 Å². The van der Waals surface area contributed by atoms with Crippen molar-refractivity contribution in [2.75, 3.05) is 7.11 Å². The number of hydrogen-bond donors (Lipinski definition) is 1. The Labute approximate surface area is 196 Å². The predicted octanol–water partition coefficient (Wildman–Crippen LogP) is 8.12. The Hall–Kier alpha value is -1.87. The molecule has 1 amide bonds. The first-order chi connectivity index (χ1) is 15.7. The minimum Gasteiger partial charge on any atom is -0.372 e. The van der Waals surface area contributed by atoms with E-state index in [9.17, 15) is 4.79 Å². The van der Waals surface area contributed by atoms with E-state index in [0.717, 1.165) is 18.4 Å². The Morgan fingerprint density at radius 2 is 1.38 bits per heavy atom. The lowest BCUT2D eigenvalue weighted by Crippen LogP contribution is -2.37. The Balaban J connectivity index is 1.62. The first kappa shape index (κ1) is 26.4. The molecule has 0 heterocycles. The Morgan fingerprint density at radius 1 is 0.812 bits per heavy atom. The largest absolute Gasteiger partial charge is 0.372 e. The summed E-state index contributed by atoms with van der Waals surface area (Å²) in [6, 6.07) is 14.5. The second-order valence-electron chi connectivity index (χ2n) is 9.20. The molecule has 178 valence electrons. The lowest BCUT2D eigenvalue weighted by molar-refractivity contribution is -0.132. The van der Waals surface area contributed by atoms with Gasteiger partial charge in [-0.2, -0.15) is 0 Å². The molecule has 0 fully saturated rings. The van der Waals surface area contributed by atoms with Crippen molar-refractivity contribution in [3.8, 4) is 0 Å². The summed E-state index contributed by atoms with van der Waals surface area (Å²) < 4.78 is 5.52. The smallest absolute Gasteiger partial charge is 0.249 e. The van der Waals surface area contributed by atoms with Crippen LogP contribution in [0, 0.1) is 0 Å². The van der Waals surface area contributed by atoms with Gasteiger partial charge in [-0.15, -0.1) is 0 Å². The number of fused-ring (bicyclic) bond motifs is 1. The number of amides is 1. The third-order valence-electron chi connectivity index (χ3n) is 6.55. The monoisotopic (exact) mass is 439 g/mol. The summed E-state index contributed by atoms with van der Waals surface area (Å²) in [5.41, 5.74) is 1.15. The summed E-state index contributed by atoms with van der Waals surface area (Å²) in [6.07, 6.45) is 16.3. The highest BCUT2D eigenvalue weighted by atomic mass is 16.5. The zero-order chi connectivity index (χ0) is 23.0. The molecule has 0 spiro atoms. The van der Waals surface area contributed by atoms with Crippen molar-refractivity contribution in [3.05, 3.63) is 48.0 Å². The van der Waals surface area contributed by atoms with Gasteiger partial charge in [0.2, 0.25) is 5.91 Å². The normalized spacial score (nSPS) is 13.2. The molecular formula is C29H45NO2. The summed E-state index contributed by atoms with van der Waals surface area (Å²) in [5.74, 6) is -0.00370. The SMILES string of the molecule is CCCCCCCCCCCCCC[C@@H](OC)C(=O)N[C@@H](C)c1cccc2ccccc12. The molecule has 0 aliphatic heterocycles. The molecule has 2 rings (SSSR count). The van der Waals surface area contributed by atoms with E-state index in [1.807, 2.05) is 12.1 Å². The van der Waals surface area contributed by atoms with Crippen molar-refractivity contribution in [3.63, 3.8) is 0 Å². The highest BCUT2D eigenvalue weighted by Gasteiger charge is 2.20. The number of rotatable bonds is 17. The van der Waals surface area contributed by atoms with Gasteiger partial charge in [-0.25, -0.2) is 0 Å². The van der Waals surface area contributed by atoms with Crippen LogP contribution < -0.4 is 5.32 Å². The Bertz CT molecular complexity index is 767. The molecule has 0 aliphatic rings. The second-order valence-corrected chi connectivity index (χ2v) is 9.20. The van der Waals surface area contributed by atoms with E-state index < -0.39 is 0 Å². The fourth-order valence-corrected chi connectivity index (χ4v) is 4.54. The van der Waals surface area contributed by atoms with Crippen molar-refractivity contribution in [2.24, 2.45) is 0 Å². The number of carbonyl (C=O) groups excluding carboxylic acids is 1. The fraction of sp³-hybridized carbons (Fsp3) is 0.621. The van der Waals surface area contributed by atoms with Crippen LogP contribution in [0.15, 0.2) is 42.5 Å². The third-order valence-corrected chi connectivity index (χ3v) is 6.55. The van der Waals surface area contributed by atoms with E-state index in [4.69, 9.17) is 4.74 Å². The molecule has 0 aromatic heterocycles. The molecule has 0 unspecified atom stereocenters. The lowest BCUT2D eigenvalue weighted by atomic mass is 9.99. The van der Waals surface area contributed by atoms with Gasteiger partial charge in [0.1, 0.15) is 6.10 Å². The zero-order valence-corrected chi connectivity index (χ0v) is 20.7. The molecule has 3 nitrogen and oxygen atoms in total. The second kappa shape index (κ2) is 15.9. The van der Waals surface area contributed by atoms with Gasteiger partial charge in [0.25, 0.3) is 0 Å². The van der Waals surface area contributed by atoms with Crippen molar-refractivity contribution < 1.29 is 9.53 Å². The fourth-order valence-electron chi connectivity index (χ4n) is 4.54. The summed E-state index contributed by atoms with van der Waals surface area (Å²) >= 11 is 0. The number of carbonyl (C=O) groups is 1. The molecule has 0 radical (unpaired) electrons. The van der Waals surface area contributed by atoms with Crippen LogP contribution in [0.2, 0.25) is 0 Å². The van der Waals surface area contributed by atoms with Crippen molar-refractivity contribution >= 4 is 16.7 Å². The molecule has 0 bridgehead atoms. The zero-order valence-electron chi connectivity index (χ0n) is 20.7. The standard InChI is InChI=1S/C29H45NO2/c1-4-5-6-7-8-9-10-11-12-13-14-15-23-28(32-3)29(31)30-24(2)26-22-18-20-25-19-16-17-21-27(25)26/h16-22,24,28H,4-15,23H2,1-3H3,(H,30,31)/t24-,28+/m0/s1. The molecular weight excluding hydrogens is 394 g/mol. The van der Waals surface area contributed by atoms with Gasteiger partial charge in [-0.1, -0.05) is 126 Å². The average molecular weight is 440 g/mol. The van der Waals surface area contributed by atoms with Gasteiger partial charge >= 0.3 is 0 Å². The summed E-state index contributed by atoms with van der Waals surface area (Å²) in [5, 5.41) is 5.56. The highest BCUT2D eigenvalue weighted by molar-refractivity contribution is 5.87. The van der Waals surface area contributed by atoms with Crippen LogP contribution >= 0.6 is 0 Å². The van der Waals surface area contributed by atoms with Crippen LogP contribution in [0.1, 0.15) is 109 Å². The van der Waals surface area contributed by atoms with Gasteiger partial charge in [-0.3, -0.25) is 4.79 Å². The van der Waals surface area contributed by atoms with Crippen LogP contribution in [0.4, 0.5) is 0 Å². The van der Waals surface area contributed by atoms with Crippen LogP contribution in [-0.2, 0) is 9.53 Å². The van der Waals surface area contributed by atoms with Crippen molar-refractivity contribution in [2.45, 2.75) is 109 Å². The van der Waals surface area contributed by atoms with E-state index in [2.05, 4.69) is 49.5 Å². The van der Waals surface area contributed by atoms with Crippen LogP contribution in [0.5, 0.6) is 0 Å². The van der Waals surface area contributed by atoms with Crippen LogP contribution in [-0.4, -0.2) is 19.1 Å². The van der Waals surface area contributed by atoms with E-state index in [-0.39, 0.29) is 18.1 Å². The maximum absolute atomic E-state index is 12.8. The van der Waals surface area contributed by atoms with Gasteiger partial charge < -0.3 is 10.1 Å². The quantitative estimate of drug-likeness (QED) is 0.253. The number of ether oxygens (including phenoxy) is 1. The Kier molecular flexibility index (Phi) is 13.1. The first-order valence-corrected chi connectivity index (χ1v) is 13.0. The van der Waals surface area contributed by atoms with Gasteiger partial charge in [0.05, 0.1) is 6.04 Å². The Morgan fingerprint density at radius 3 is 2.00 bits per heavy atom. The van der Waals surface area contributed by atoms with Crippen LogP contribution in [0.25, 0.3) is 10.8 Å². The number of unbranched alkanes of at least 4 members (excludes halogenated alkanes) is 11. The first-order valence-electron chi connectivity index (χ1n) is 13.0. The lowest BCUT2D eigenvalue weighted by Gasteiger charge is -2.21. The van der Waals surface area contributed by atoms with Gasteiger partial charge in [-0.05, 0) is 29.7 Å². The maximum atomic E-state index is 12.8. The van der Waals surface area contributed by atoms with E-state index >= 15 is 0 Å². The summed E-state index contributed by atoms with van der Waals surface area (Å²) in [7, 11) is 1.65. The topological polar surface area (TPSA) is 38.3 Å². The number of benzene rings is 2. The third kappa shape index (κ3) is 9.32. The molecule has 1 N–H and O–H groups in total. The number of methoxy groups -OCH3 is 1. The van der Waals surface area contributed by atoms with E-state index in [1.165, 1.54) is 81.4 Å². The number of hydrogen-bond acceptors (Lipinski definition) is 2. The van der Waals surface area contributed by atoms with Gasteiger partial charge in [0.15, 0.2) is 0 Å². The predicted molar refractivity (Wildman–Crippen MR) is 137 cm³/mol. The van der Waals surface area contributed by atoms with Crippen LogP contribution in [0.3, 0.4) is 0 Å². The molecule has 2 atom stereocenters. The molecule has 0 aliphatic carbocycles. The molecule has 0 saturated heterocycles. The molecule has 0 saturated carbocycles. The summed E-state index contributed by atoms with van der Waals surface area (Å²) in [6.45, 7) is 4.32. The average Bonchev–Trinajstić information content (AvgIpc) is 2.81. The minimum absolute atomic E-state index is 0.00370. The summed E-state index contributed by atoms with van der Waals surface area (Å²) in [4.78, 5) is 12.8. The minimum atomic E-state index is -0.365. The van der Waals surface area contributed by atoms with Crippen molar-refractivity contribution in [1.29, 1.82) is 0 Å². The van der Waals surface area contributed by atoms with Crippen molar-refractivity contribution in [1.82, 2.24) is 5.32 Å². The molecule has 2 aromatic rings. The van der Waals surface area contributed by atoms with E-state index in [0.29, 0.717) is 0 Å². The molecule has 3 heteroatoms. The molecule has 2 aromatic carbocycles. The highest BCUT2D eigenvalue weighted by Crippen LogP contribution is 2.24. The maximum Gasteiger partial charge on any atom is 0.249 e. The number of nitrogens with one attached hydrogen (secondary N) is 1. The van der Waals surface area contributed by atoms with E-state index in [1.54, 1.807) is 7.11 Å². The molecule has 32 heavy (non-hydrogen) atoms.